The van der Waals surface area contributed by atoms with E-state index in [1.807, 2.05) is 0 Å². The van der Waals surface area contributed by atoms with Gasteiger partial charge in [0.25, 0.3) is 0 Å². The van der Waals surface area contributed by atoms with Crippen molar-refractivity contribution in [2.45, 2.75) is 6.42 Å². The highest BCUT2D eigenvalue weighted by Gasteiger charge is 1.94. The van der Waals surface area contributed by atoms with Crippen LogP contribution >= 0.6 is 0 Å². The number of benzene rings is 1. The van der Waals surface area contributed by atoms with Gasteiger partial charge in [0.15, 0.2) is 0 Å². The molecule has 1 aromatic carbocycles. The molecular formula is C11H10. The van der Waals surface area contributed by atoms with Gasteiger partial charge in [-0.3, -0.25) is 0 Å². The van der Waals surface area contributed by atoms with Crippen LogP contribution in [-0.2, 0) is 6.42 Å². The third kappa shape index (κ3) is 1.12. The van der Waals surface area contributed by atoms with Gasteiger partial charge in [0.1, 0.15) is 0 Å². The largest absolute Gasteiger partial charge is 0.0918 e. The Balaban J connectivity index is 2.77. The van der Waals surface area contributed by atoms with Crippen LogP contribution in [0.1, 0.15) is 5.56 Å². The van der Waals surface area contributed by atoms with Crippen molar-refractivity contribution >= 4 is 12.7 Å². The maximum atomic E-state index is 3.89. The summed E-state index contributed by atoms with van der Waals surface area (Å²) in [5.41, 5.74) is 1.39. The first-order chi connectivity index (χ1) is 5.36. The zero-order valence-electron chi connectivity index (χ0n) is 6.38. The summed E-state index contributed by atoms with van der Waals surface area (Å²) in [4.78, 5) is 0. The minimum absolute atomic E-state index is 1.05. The molecule has 2 rings (SSSR count). The topological polar surface area (TPSA) is 0 Å². The SMILES string of the molecule is C=c1ccc2c(c1)CC=CC=2. The Hall–Kier alpha value is -1.30. The monoisotopic (exact) mass is 142 g/mol. The van der Waals surface area contributed by atoms with Crippen LogP contribution in [-0.4, -0.2) is 0 Å². The van der Waals surface area contributed by atoms with Gasteiger partial charge in [0.2, 0.25) is 0 Å². The van der Waals surface area contributed by atoms with E-state index in [0.29, 0.717) is 0 Å². The summed E-state index contributed by atoms with van der Waals surface area (Å²) in [6.45, 7) is 3.89. The maximum absolute atomic E-state index is 3.89. The van der Waals surface area contributed by atoms with Crippen LogP contribution in [0.2, 0.25) is 0 Å². The molecule has 1 aliphatic rings. The Kier molecular flexibility index (Phi) is 1.39. The minimum Gasteiger partial charge on any atom is -0.0918 e. The van der Waals surface area contributed by atoms with Gasteiger partial charge >= 0.3 is 0 Å². The molecule has 0 bridgehead atoms. The third-order valence-corrected chi connectivity index (χ3v) is 1.96. The molecule has 0 saturated heterocycles. The van der Waals surface area contributed by atoms with Crippen molar-refractivity contribution in [3.8, 4) is 0 Å². The molecule has 1 aromatic rings. The molecule has 0 aliphatic heterocycles. The normalized spacial score (nSPS) is 13.8. The highest BCUT2D eigenvalue weighted by molar-refractivity contribution is 5.44. The summed E-state index contributed by atoms with van der Waals surface area (Å²) in [5.74, 6) is 0. The van der Waals surface area contributed by atoms with E-state index in [0.717, 1.165) is 11.6 Å². The fourth-order valence-corrected chi connectivity index (χ4v) is 1.37. The molecule has 0 aromatic heterocycles. The standard InChI is InChI=1S/C11H10/c1-9-6-7-10-4-2-3-5-11(10)8-9/h2-4,6-8H,1,5H2. The van der Waals surface area contributed by atoms with E-state index < -0.39 is 0 Å². The lowest BCUT2D eigenvalue weighted by molar-refractivity contribution is 1.22. The lowest BCUT2D eigenvalue weighted by Crippen LogP contribution is -2.14. The van der Waals surface area contributed by atoms with Crippen LogP contribution in [0.25, 0.3) is 12.7 Å². The zero-order valence-corrected chi connectivity index (χ0v) is 6.38. The van der Waals surface area contributed by atoms with Crippen LogP contribution in [0.15, 0.2) is 30.4 Å². The average Bonchev–Trinajstić information content (AvgIpc) is 2.04. The first-order valence-electron chi connectivity index (χ1n) is 3.81. The Morgan fingerprint density at radius 3 is 3.09 bits per heavy atom. The molecule has 0 nitrogen and oxygen atoms in total. The molecule has 0 heteroatoms. The Morgan fingerprint density at radius 2 is 2.18 bits per heavy atom. The number of allylic oxidation sites excluding steroid dienone is 2. The summed E-state index contributed by atoms with van der Waals surface area (Å²) >= 11 is 0. The molecule has 11 heavy (non-hydrogen) atoms. The van der Waals surface area contributed by atoms with Crippen molar-refractivity contribution < 1.29 is 0 Å². The van der Waals surface area contributed by atoms with Crippen LogP contribution in [0.4, 0.5) is 0 Å². The predicted molar refractivity (Wildman–Crippen MR) is 48.5 cm³/mol. The van der Waals surface area contributed by atoms with Gasteiger partial charge in [-0.1, -0.05) is 43.0 Å². The van der Waals surface area contributed by atoms with Gasteiger partial charge in [-0.15, -0.1) is 0 Å². The first-order valence-corrected chi connectivity index (χ1v) is 3.81. The van der Waals surface area contributed by atoms with Gasteiger partial charge in [0, 0.05) is 0 Å². The van der Waals surface area contributed by atoms with Crippen LogP contribution in [0, 0.1) is 0 Å². The second-order valence-corrected chi connectivity index (χ2v) is 2.83. The van der Waals surface area contributed by atoms with Crippen LogP contribution < -0.4 is 10.4 Å². The molecule has 0 unspecified atom stereocenters. The van der Waals surface area contributed by atoms with E-state index in [1.165, 1.54) is 10.8 Å². The average molecular weight is 142 g/mol. The molecule has 0 fully saturated rings. The minimum atomic E-state index is 1.05. The molecular weight excluding hydrogens is 132 g/mol. The smallest absolute Gasteiger partial charge is 0.00882 e. The summed E-state index contributed by atoms with van der Waals surface area (Å²) < 4.78 is 0. The Bertz CT molecular complexity index is 397. The maximum Gasteiger partial charge on any atom is -0.00882 e. The predicted octanol–water partition coefficient (Wildman–Crippen LogP) is 0.990. The van der Waals surface area contributed by atoms with Gasteiger partial charge in [-0.05, 0) is 22.4 Å². The zero-order chi connectivity index (χ0) is 7.68. The summed E-state index contributed by atoms with van der Waals surface area (Å²) in [5, 5.41) is 2.44. The molecule has 0 atom stereocenters. The van der Waals surface area contributed by atoms with Crippen molar-refractivity contribution in [3.63, 3.8) is 0 Å². The third-order valence-electron chi connectivity index (χ3n) is 1.96. The van der Waals surface area contributed by atoms with Crippen molar-refractivity contribution in [1.29, 1.82) is 0 Å². The molecule has 54 valence electrons. The number of fused-ring (bicyclic) bond motifs is 1. The lowest BCUT2D eigenvalue weighted by atomic mass is 10.0. The molecule has 0 saturated carbocycles. The summed E-state index contributed by atoms with van der Waals surface area (Å²) in [7, 11) is 0. The van der Waals surface area contributed by atoms with Gasteiger partial charge < -0.3 is 0 Å². The van der Waals surface area contributed by atoms with E-state index in [9.17, 15) is 0 Å². The quantitative estimate of drug-likeness (QED) is 0.506. The molecule has 0 spiro atoms. The van der Waals surface area contributed by atoms with Gasteiger partial charge in [0.05, 0.1) is 0 Å². The van der Waals surface area contributed by atoms with E-state index in [4.69, 9.17) is 0 Å². The number of hydrogen-bond acceptors (Lipinski definition) is 0. The first kappa shape index (κ1) is 6.41. The van der Waals surface area contributed by atoms with Crippen molar-refractivity contribution in [2.24, 2.45) is 0 Å². The second kappa shape index (κ2) is 2.39. The summed E-state index contributed by atoms with van der Waals surface area (Å²) in [6, 6.07) is 6.32. The lowest BCUT2D eigenvalue weighted by Gasteiger charge is -2.01. The molecule has 0 N–H and O–H groups in total. The number of hydrogen-bond donors (Lipinski definition) is 0. The van der Waals surface area contributed by atoms with Crippen LogP contribution in [0.3, 0.4) is 0 Å². The highest BCUT2D eigenvalue weighted by atomic mass is 14.0. The second-order valence-electron chi connectivity index (χ2n) is 2.83. The fraction of sp³-hybridized carbons (Fsp3) is 0.0909. The van der Waals surface area contributed by atoms with Gasteiger partial charge in [-0.25, -0.2) is 0 Å². The van der Waals surface area contributed by atoms with Crippen molar-refractivity contribution in [2.75, 3.05) is 0 Å². The van der Waals surface area contributed by atoms with E-state index in [1.54, 1.807) is 0 Å². The van der Waals surface area contributed by atoms with E-state index in [2.05, 4.69) is 43.0 Å². The van der Waals surface area contributed by atoms with Crippen molar-refractivity contribution in [3.05, 3.63) is 46.4 Å². The highest BCUT2D eigenvalue weighted by Crippen LogP contribution is 1.96. The Morgan fingerprint density at radius 1 is 1.27 bits per heavy atom. The van der Waals surface area contributed by atoms with Crippen LogP contribution in [0.5, 0.6) is 0 Å². The molecule has 0 heterocycles. The Labute approximate surface area is 66.2 Å². The van der Waals surface area contributed by atoms with E-state index >= 15 is 0 Å². The van der Waals surface area contributed by atoms with Gasteiger partial charge in [-0.2, -0.15) is 0 Å². The van der Waals surface area contributed by atoms with Crippen molar-refractivity contribution in [1.82, 2.24) is 0 Å². The number of rotatable bonds is 0. The van der Waals surface area contributed by atoms with E-state index in [-0.39, 0.29) is 0 Å². The fourth-order valence-electron chi connectivity index (χ4n) is 1.37. The molecule has 0 amide bonds. The molecule has 1 aliphatic carbocycles. The molecule has 0 radical (unpaired) electrons. The summed E-state index contributed by atoms with van der Waals surface area (Å²) in [6.07, 6.45) is 7.46.